The third-order valence-corrected chi connectivity index (χ3v) is 6.67. The number of ether oxygens (including phenoxy) is 2. The molecule has 0 aliphatic heterocycles. The van der Waals surface area contributed by atoms with Gasteiger partial charge in [-0.2, -0.15) is 0 Å². The first-order chi connectivity index (χ1) is 19.0. The first-order valence-electron chi connectivity index (χ1n) is 12.9. The molecule has 0 aliphatic carbocycles. The van der Waals surface area contributed by atoms with Crippen molar-refractivity contribution in [3.05, 3.63) is 112 Å². The van der Waals surface area contributed by atoms with Gasteiger partial charge in [0.05, 0.1) is 19.0 Å². The number of anilines is 1. The lowest BCUT2D eigenvalue weighted by Gasteiger charge is -2.17. The van der Waals surface area contributed by atoms with Gasteiger partial charge in [-0.1, -0.05) is 36.4 Å². The average Bonchev–Trinajstić information content (AvgIpc) is 2.95. The topological polar surface area (TPSA) is 83.7 Å². The highest BCUT2D eigenvalue weighted by molar-refractivity contribution is 5.98. The zero-order chi connectivity index (χ0) is 27.2. The molecular weight excluding hydrogens is 490 g/mol. The molecule has 0 aliphatic rings. The smallest absolute Gasteiger partial charge is 0.228 e. The maximum Gasteiger partial charge on any atom is 0.228 e. The van der Waals surface area contributed by atoms with Crippen LogP contribution in [-0.4, -0.2) is 43.1 Å². The number of carbonyl (C=O) groups excluding carboxylic acids is 1. The molecule has 0 atom stereocenters. The number of benzene rings is 4. The van der Waals surface area contributed by atoms with Crippen LogP contribution in [-0.2, 0) is 17.8 Å². The highest BCUT2D eigenvalue weighted by atomic mass is 16.5. The Labute approximate surface area is 227 Å². The lowest BCUT2D eigenvalue weighted by molar-refractivity contribution is -0.115. The number of pyridine rings is 1. The first-order valence-corrected chi connectivity index (χ1v) is 12.9. The molecule has 1 aromatic heterocycles. The molecule has 0 saturated carbocycles. The molecule has 0 saturated heterocycles. The minimum Gasteiger partial charge on any atom is -0.497 e. The van der Waals surface area contributed by atoms with Crippen molar-refractivity contribution < 1.29 is 14.3 Å². The van der Waals surface area contributed by atoms with E-state index < -0.39 is 0 Å². The molecule has 7 heteroatoms. The third kappa shape index (κ3) is 6.27. The number of fused-ring (bicyclic) bond motifs is 2. The summed E-state index contributed by atoms with van der Waals surface area (Å²) in [5, 5.41) is 4.16. The fraction of sp³-hybridized carbons (Fsp3) is 0.188. The number of H-pyrrole nitrogens is 1. The molecule has 1 amide bonds. The largest absolute Gasteiger partial charge is 0.497 e. The number of hydrogen-bond donors (Lipinski definition) is 2. The van der Waals surface area contributed by atoms with E-state index in [9.17, 15) is 9.59 Å². The minimum atomic E-state index is -0.162. The number of carbonyl (C=O) groups is 1. The van der Waals surface area contributed by atoms with E-state index in [1.165, 1.54) is 5.56 Å². The maximum absolute atomic E-state index is 12.9. The predicted octanol–water partition coefficient (Wildman–Crippen LogP) is 5.38. The summed E-state index contributed by atoms with van der Waals surface area (Å²) in [7, 11) is 3.72. The van der Waals surface area contributed by atoms with Crippen molar-refractivity contribution in [1.82, 2.24) is 9.88 Å². The van der Waals surface area contributed by atoms with Gasteiger partial charge in [0.1, 0.15) is 18.1 Å². The maximum atomic E-state index is 12.9. The van der Waals surface area contributed by atoms with Crippen LogP contribution in [0.3, 0.4) is 0 Å². The van der Waals surface area contributed by atoms with Crippen LogP contribution in [0.1, 0.15) is 11.1 Å². The van der Waals surface area contributed by atoms with E-state index in [0.29, 0.717) is 28.6 Å². The van der Waals surface area contributed by atoms with Crippen LogP contribution in [0.4, 0.5) is 5.69 Å². The molecule has 5 aromatic rings. The van der Waals surface area contributed by atoms with Crippen molar-refractivity contribution in [3.8, 4) is 11.5 Å². The van der Waals surface area contributed by atoms with Crippen molar-refractivity contribution in [2.75, 3.05) is 32.6 Å². The number of methoxy groups -OCH3 is 1. The summed E-state index contributed by atoms with van der Waals surface area (Å²) in [6, 6.07) is 28.3. The zero-order valence-electron chi connectivity index (χ0n) is 22.1. The van der Waals surface area contributed by atoms with Gasteiger partial charge in [-0.15, -0.1) is 0 Å². The van der Waals surface area contributed by atoms with Gasteiger partial charge in [-0.05, 0) is 72.8 Å². The predicted molar refractivity (Wildman–Crippen MR) is 156 cm³/mol. The molecule has 1 heterocycles. The normalized spacial score (nSPS) is 11.2. The lowest BCUT2D eigenvalue weighted by Crippen LogP contribution is -2.23. The lowest BCUT2D eigenvalue weighted by atomic mass is 10.0. The number of rotatable bonds is 10. The van der Waals surface area contributed by atoms with Crippen LogP contribution < -0.4 is 20.2 Å². The average molecular weight is 522 g/mol. The Morgan fingerprint density at radius 1 is 0.872 bits per heavy atom. The Hall–Kier alpha value is -4.62. The number of nitrogens with zero attached hydrogens (tertiary/aromatic N) is 1. The molecule has 2 N–H and O–H groups in total. The quantitative estimate of drug-likeness (QED) is 0.241. The molecule has 7 nitrogen and oxygen atoms in total. The van der Waals surface area contributed by atoms with Crippen LogP contribution in [0.25, 0.3) is 21.8 Å². The second kappa shape index (κ2) is 11.8. The van der Waals surface area contributed by atoms with Gasteiger partial charge in [0, 0.05) is 35.1 Å². The minimum absolute atomic E-state index is 0.0378. The van der Waals surface area contributed by atoms with Gasteiger partial charge < -0.3 is 19.8 Å². The van der Waals surface area contributed by atoms with E-state index in [1.54, 1.807) is 19.2 Å². The molecule has 0 spiro atoms. The number of hydrogen-bond acceptors (Lipinski definition) is 5. The molecule has 0 fully saturated rings. The Morgan fingerprint density at radius 3 is 2.36 bits per heavy atom. The van der Waals surface area contributed by atoms with Crippen LogP contribution in [0.15, 0.2) is 95.8 Å². The molecule has 4 aromatic carbocycles. The summed E-state index contributed by atoms with van der Waals surface area (Å²) in [6.45, 7) is 2.14. The molecule has 5 rings (SSSR count). The van der Waals surface area contributed by atoms with Gasteiger partial charge in [-0.3, -0.25) is 14.5 Å². The van der Waals surface area contributed by atoms with E-state index in [4.69, 9.17) is 9.47 Å². The highest BCUT2D eigenvalue weighted by Crippen LogP contribution is 2.20. The Morgan fingerprint density at radius 2 is 1.59 bits per heavy atom. The monoisotopic (exact) mass is 521 g/mol. The van der Waals surface area contributed by atoms with Crippen LogP contribution in [0.2, 0.25) is 0 Å². The Bertz CT molecular complexity index is 1640. The summed E-state index contributed by atoms with van der Waals surface area (Å²) in [4.78, 5) is 31.3. The number of aromatic nitrogens is 1. The fourth-order valence-corrected chi connectivity index (χ4v) is 4.61. The van der Waals surface area contributed by atoms with Crippen molar-refractivity contribution in [1.29, 1.82) is 0 Å². The number of amides is 1. The van der Waals surface area contributed by atoms with E-state index in [1.807, 2.05) is 66.7 Å². The van der Waals surface area contributed by atoms with Gasteiger partial charge in [0.2, 0.25) is 5.91 Å². The van der Waals surface area contributed by atoms with E-state index >= 15 is 0 Å². The Kier molecular flexibility index (Phi) is 7.89. The van der Waals surface area contributed by atoms with Crippen LogP contribution >= 0.6 is 0 Å². The molecular formula is C32H31N3O4. The second-order valence-corrected chi connectivity index (χ2v) is 9.52. The molecule has 39 heavy (non-hydrogen) atoms. The van der Waals surface area contributed by atoms with Crippen LogP contribution in [0.5, 0.6) is 11.5 Å². The summed E-state index contributed by atoms with van der Waals surface area (Å²) in [5.41, 5.74) is 4.07. The highest BCUT2D eigenvalue weighted by Gasteiger charge is 2.12. The van der Waals surface area contributed by atoms with E-state index in [-0.39, 0.29) is 17.8 Å². The van der Waals surface area contributed by atoms with Gasteiger partial charge in [-0.25, -0.2) is 0 Å². The first kappa shape index (κ1) is 26.0. The molecule has 0 radical (unpaired) electrons. The van der Waals surface area contributed by atoms with Gasteiger partial charge in [0.15, 0.2) is 5.43 Å². The van der Waals surface area contributed by atoms with Crippen LogP contribution in [0, 0.1) is 0 Å². The molecule has 198 valence electrons. The summed E-state index contributed by atoms with van der Waals surface area (Å²) >= 11 is 0. The zero-order valence-corrected chi connectivity index (χ0v) is 22.1. The van der Waals surface area contributed by atoms with E-state index in [2.05, 4.69) is 34.4 Å². The number of nitrogens with one attached hydrogen (secondary N) is 2. The van der Waals surface area contributed by atoms with Crippen molar-refractivity contribution in [3.63, 3.8) is 0 Å². The second-order valence-electron chi connectivity index (χ2n) is 9.52. The summed E-state index contributed by atoms with van der Waals surface area (Å²) in [6.07, 6.45) is 0.143. The van der Waals surface area contributed by atoms with Crippen molar-refractivity contribution in [2.45, 2.75) is 13.0 Å². The Balaban J connectivity index is 1.15. The summed E-state index contributed by atoms with van der Waals surface area (Å²) < 4.78 is 11.1. The molecule has 0 bridgehead atoms. The SMILES string of the molecule is COc1ccc(CN(C)CCOc2ccc(NC(=O)Cc3cccc4c(=O)c5ccccc5[nH]c34)cc2)cc1. The standard InChI is InChI=1S/C32H31N3O4/c1-35(21-22-10-14-25(38-2)15-11-22)18-19-39-26-16-12-24(13-17-26)33-30(36)20-23-6-5-8-28-31(23)34-29-9-4-3-7-27(29)32(28)37/h3-17H,18-21H2,1-2H3,(H,33,36)(H,34,37). The molecule has 0 unspecified atom stereocenters. The third-order valence-electron chi connectivity index (χ3n) is 6.67. The van der Waals surface area contributed by atoms with Crippen molar-refractivity contribution in [2.24, 2.45) is 0 Å². The number of likely N-dealkylation sites (N-methyl/N-ethyl adjacent to an activating group) is 1. The van der Waals surface area contributed by atoms with Gasteiger partial charge >= 0.3 is 0 Å². The number of aromatic amines is 1. The fourth-order valence-electron chi connectivity index (χ4n) is 4.61. The van der Waals surface area contributed by atoms with E-state index in [0.717, 1.165) is 35.7 Å². The number of para-hydroxylation sites is 2. The van der Waals surface area contributed by atoms with Crippen molar-refractivity contribution >= 4 is 33.4 Å². The van der Waals surface area contributed by atoms with Gasteiger partial charge in [0.25, 0.3) is 0 Å². The summed E-state index contributed by atoms with van der Waals surface area (Å²) in [5.74, 6) is 1.43.